The van der Waals surface area contributed by atoms with E-state index in [0.29, 0.717) is 10.2 Å². The van der Waals surface area contributed by atoms with E-state index in [4.69, 9.17) is 5.11 Å². The van der Waals surface area contributed by atoms with Gasteiger partial charge in [-0.2, -0.15) is 18.2 Å². The molecule has 0 bridgehead atoms. The number of hydrogen-bond donors (Lipinski definition) is 3. The molecule has 0 unspecified atom stereocenters. The van der Waals surface area contributed by atoms with Crippen molar-refractivity contribution in [1.82, 2.24) is 9.97 Å². The van der Waals surface area contributed by atoms with Gasteiger partial charge in [0.05, 0.1) is 12.3 Å². The van der Waals surface area contributed by atoms with E-state index in [0.717, 1.165) is 12.1 Å². The van der Waals surface area contributed by atoms with Gasteiger partial charge in [-0.25, -0.2) is 9.37 Å². The number of aliphatic hydroxyl groups excluding tert-OH is 1. The second-order valence-corrected chi connectivity index (χ2v) is 5.21. The van der Waals surface area contributed by atoms with E-state index < -0.39 is 17.7 Å². The first kappa shape index (κ1) is 17.4. The zero-order chi connectivity index (χ0) is 17.0. The van der Waals surface area contributed by atoms with Gasteiger partial charge in [0.15, 0.2) is 5.69 Å². The van der Waals surface area contributed by atoms with Crippen LogP contribution in [-0.2, 0) is 6.18 Å². The third-order valence-corrected chi connectivity index (χ3v) is 3.26. The molecule has 0 saturated carbocycles. The van der Waals surface area contributed by atoms with Crippen molar-refractivity contribution in [2.75, 3.05) is 23.8 Å². The van der Waals surface area contributed by atoms with E-state index in [9.17, 15) is 17.6 Å². The monoisotopic (exact) mass is 394 g/mol. The molecule has 0 aliphatic rings. The summed E-state index contributed by atoms with van der Waals surface area (Å²) in [5, 5.41) is 13.9. The van der Waals surface area contributed by atoms with Crippen molar-refractivity contribution < 1.29 is 22.7 Å². The lowest BCUT2D eigenvalue weighted by atomic mass is 10.3. The molecule has 0 spiro atoms. The van der Waals surface area contributed by atoms with Crippen LogP contribution in [0.1, 0.15) is 5.69 Å². The van der Waals surface area contributed by atoms with Crippen LogP contribution in [0.15, 0.2) is 28.7 Å². The molecule has 0 saturated heterocycles. The van der Waals surface area contributed by atoms with Gasteiger partial charge >= 0.3 is 6.18 Å². The Labute approximate surface area is 136 Å². The Morgan fingerprint density at radius 1 is 1.17 bits per heavy atom. The summed E-state index contributed by atoms with van der Waals surface area (Å²) in [6.07, 6.45) is -4.66. The Kier molecular flexibility index (Phi) is 5.37. The quantitative estimate of drug-likeness (QED) is 0.676. The van der Waals surface area contributed by atoms with Gasteiger partial charge in [0.25, 0.3) is 0 Å². The van der Waals surface area contributed by atoms with Crippen molar-refractivity contribution in [2.24, 2.45) is 0 Å². The largest absolute Gasteiger partial charge is 0.433 e. The van der Waals surface area contributed by atoms with Gasteiger partial charge in [-0.3, -0.25) is 0 Å². The Hall–Kier alpha value is -1.94. The van der Waals surface area contributed by atoms with Crippen molar-refractivity contribution in [3.05, 3.63) is 40.2 Å². The van der Waals surface area contributed by atoms with E-state index in [1.807, 2.05) is 0 Å². The van der Waals surface area contributed by atoms with Crippen molar-refractivity contribution >= 4 is 33.4 Å². The van der Waals surface area contributed by atoms with Gasteiger partial charge < -0.3 is 15.7 Å². The van der Waals surface area contributed by atoms with Gasteiger partial charge in [0, 0.05) is 17.1 Å². The predicted octanol–water partition coefficient (Wildman–Crippen LogP) is 3.54. The highest BCUT2D eigenvalue weighted by Crippen LogP contribution is 2.31. The van der Waals surface area contributed by atoms with Crippen LogP contribution in [0.3, 0.4) is 0 Å². The average Bonchev–Trinajstić information content (AvgIpc) is 2.47. The molecule has 0 radical (unpaired) electrons. The normalized spacial score (nSPS) is 11.4. The van der Waals surface area contributed by atoms with Crippen LogP contribution in [-0.4, -0.2) is 28.2 Å². The third-order valence-electron chi connectivity index (χ3n) is 2.61. The first-order valence-corrected chi connectivity index (χ1v) is 7.12. The van der Waals surface area contributed by atoms with E-state index >= 15 is 0 Å². The number of benzene rings is 1. The minimum atomic E-state index is -4.66. The molecule has 2 aromatic rings. The van der Waals surface area contributed by atoms with Gasteiger partial charge in [-0.1, -0.05) is 0 Å². The number of anilines is 3. The Morgan fingerprint density at radius 2 is 1.91 bits per heavy atom. The number of nitrogens with one attached hydrogen (secondary N) is 2. The molecule has 10 heteroatoms. The van der Waals surface area contributed by atoms with E-state index in [2.05, 4.69) is 36.5 Å². The van der Waals surface area contributed by atoms with Crippen LogP contribution in [0.2, 0.25) is 0 Å². The molecular weight excluding hydrogens is 384 g/mol. The first-order chi connectivity index (χ1) is 10.8. The summed E-state index contributed by atoms with van der Waals surface area (Å²) in [6.45, 7) is -0.285. The highest BCUT2D eigenvalue weighted by Gasteiger charge is 2.33. The summed E-state index contributed by atoms with van der Waals surface area (Å²) in [5.41, 5.74) is -0.806. The Bertz CT molecular complexity index is 696. The van der Waals surface area contributed by atoms with Crippen LogP contribution in [0, 0.1) is 5.82 Å². The molecule has 0 aliphatic heterocycles. The molecule has 0 atom stereocenters. The molecule has 3 N–H and O–H groups in total. The average molecular weight is 395 g/mol. The Morgan fingerprint density at radius 3 is 2.52 bits per heavy atom. The fourth-order valence-electron chi connectivity index (χ4n) is 1.63. The fraction of sp³-hybridized carbons (Fsp3) is 0.231. The zero-order valence-electron chi connectivity index (χ0n) is 11.5. The molecule has 5 nitrogen and oxygen atoms in total. The molecule has 0 fully saturated rings. The highest BCUT2D eigenvalue weighted by atomic mass is 79.9. The van der Waals surface area contributed by atoms with Crippen molar-refractivity contribution in [3.63, 3.8) is 0 Å². The molecule has 0 aliphatic carbocycles. The lowest BCUT2D eigenvalue weighted by Gasteiger charge is -2.13. The summed E-state index contributed by atoms with van der Waals surface area (Å²) in [7, 11) is 0. The van der Waals surface area contributed by atoms with Crippen LogP contribution < -0.4 is 10.6 Å². The van der Waals surface area contributed by atoms with Crippen molar-refractivity contribution in [3.8, 4) is 0 Å². The number of alkyl halides is 3. The lowest BCUT2D eigenvalue weighted by molar-refractivity contribution is -0.141. The molecular formula is C13H11BrF4N4O. The summed E-state index contributed by atoms with van der Waals surface area (Å²) in [4.78, 5) is 7.23. The SMILES string of the molecule is OCCNc1nc(Nc2ccc(F)cc2Br)cc(C(F)(F)F)n1. The second kappa shape index (κ2) is 7.09. The summed E-state index contributed by atoms with van der Waals surface area (Å²) in [6, 6.07) is 4.42. The minimum absolute atomic E-state index is 0.000985. The first-order valence-electron chi connectivity index (χ1n) is 6.32. The number of hydrogen-bond acceptors (Lipinski definition) is 5. The summed E-state index contributed by atoms with van der Waals surface area (Å²) >= 11 is 3.11. The van der Waals surface area contributed by atoms with E-state index in [-0.39, 0.29) is 24.9 Å². The molecule has 1 heterocycles. The summed E-state index contributed by atoms with van der Waals surface area (Å²) < 4.78 is 52.0. The Balaban J connectivity index is 2.36. The maximum absolute atomic E-state index is 13.0. The van der Waals surface area contributed by atoms with Crippen LogP contribution in [0.25, 0.3) is 0 Å². The molecule has 0 amide bonds. The standard InChI is InChI=1S/C13H11BrF4N4O/c14-8-5-7(15)1-2-9(8)20-11-6-10(13(16,17)18)21-12(22-11)19-3-4-23/h1-2,5-6,23H,3-4H2,(H2,19,20,21,22). The fourth-order valence-corrected chi connectivity index (χ4v) is 2.08. The summed E-state index contributed by atoms with van der Waals surface area (Å²) in [5.74, 6) is -0.902. The predicted molar refractivity (Wildman–Crippen MR) is 80.0 cm³/mol. The molecule has 1 aromatic heterocycles. The van der Waals surface area contributed by atoms with Gasteiger partial charge in [-0.15, -0.1) is 0 Å². The molecule has 124 valence electrons. The number of halogens is 5. The molecule has 23 heavy (non-hydrogen) atoms. The smallest absolute Gasteiger partial charge is 0.395 e. The number of aliphatic hydroxyl groups is 1. The number of rotatable bonds is 5. The third kappa shape index (κ3) is 4.76. The highest BCUT2D eigenvalue weighted by molar-refractivity contribution is 9.10. The van der Waals surface area contributed by atoms with Crippen molar-refractivity contribution in [2.45, 2.75) is 6.18 Å². The molecule has 2 rings (SSSR count). The van der Waals surface area contributed by atoms with Crippen LogP contribution in [0.5, 0.6) is 0 Å². The van der Waals surface area contributed by atoms with E-state index in [1.165, 1.54) is 12.1 Å². The van der Waals surface area contributed by atoms with Gasteiger partial charge in [0.2, 0.25) is 5.95 Å². The zero-order valence-corrected chi connectivity index (χ0v) is 13.0. The number of nitrogens with zero attached hydrogens (tertiary/aromatic N) is 2. The lowest BCUT2D eigenvalue weighted by Crippen LogP contribution is -2.15. The number of aromatic nitrogens is 2. The van der Waals surface area contributed by atoms with Gasteiger partial charge in [0.1, 0.15) is 11.6 Å². The van der Waals surface area contributed by atoms with Crippen molar-refractivity contribution in [1.29, 1.82) is 0 Å². The maximum atomic E-state index is 13.0. The maximum Gasteiger partial charge on any atom is 0.433 e. The topological polar surface area (TPSA) is 70.1 Å². The van der Waals surface area contributed by atoms with Crippen LogP contribution >= 0.6 is 15.9 Å². The molecule has 1 aromatic carbocycles. The minimum Gasteiger partial charge on any atom is -0.395 e. The van der Waals surface area contributed by atoms with Gasteiger partial charge in [-0.05, 0) is 34.1 Å². The van der Waals surface area contributed by atoms with E-state index in [1.54, 1.807) is 0 Å². The second-order valence-electron chi connectivity index (χ2n) is 4.36. The van der Waals surface area contributed by atoms with Crippen LogP contribution in [0.4, 0.5) is 35.0 Å².